The maximum Gasteiger partial charge on any atom is 0.181 e. The lowest BCUT2D eigenvalue weighted by Crippen LogP contribution is -1.94. The lowest BCUT2D eigenvalue weighted by molar-refractivity contribution is 0.601. The molecule has 0 atom stereocenters. The molecular formula is C8H9ClN2O. The van der Waals surface area contributed by atoms with Crippen LogP contribution >= 0.6 is 12.4 Å². The first-order valence-electron chi connectivity index (χ1n) is 3.42. The van der Waals surface area contributed by atoms with E-state index in [0.717, 1.165) is 16.7 Å². The van der Waals surface area contributed by atoms with Crippen molar-refractivity contribution >= 4 is 23.5 Å². The molecule has 4 heteroatoms. The van der Waals surface area contributed by atoms with Gasteiger partial charge in [0.1, 0.15) is 5.52 Å². The molecule has 3 nitrogen and oxygen atoms in total. The second-order valence-corrected chi connectivity index (χ2v) is 2.36. The maximum absolute atomic E-state index is 5.45. The number of nitrogens with two attached hydrogens (primary N) is 1. The lowest BCUT2D eigenvalue weighted by atomic mass is 10.2. The Balaban J connectivity index is 0.000000720. The van der Waals surface area contributed by atoms with Crippen LogP contribution in [0.15, 0.2) is 29.0 Å². The predicted molar refractivity (Wildman–Crippen MR) is 49.1 cm³/mol. The molecule has 0 spiro atoms. The third-order valence-corrected chi connectivity index (χ3v) is 1.63. The van der Waals surface area contributed by atoms with Crippen LogP contribution in [0.4, 0.5) is 0 Å². The Bertz CT molecular complexity index is 372. The smallest absolute Gasteiger partial charge is 0.181 e. The van der Waals surface area contributed by atoms with Gasteiger partial charge < -0.3 is 10.2 Å². The highest BCUT2D eigenvalue weighted by Crippen LogP contribution is 2.13. The van der Waals surface area contributed by atoms with Crippen molar-refractivity contribution in [3.8, 4) is 0 Å². The number of nitrogens with zero attached hydrogens (tertiary/aromatic N) is 1. The molecule has 12 heavy (non-hydrogen) atoms. The van der Waals surface area contributed by atoms with E-state index in [1.54, 1.807) is 0 Å². The summed E-state index contributed by atoms with van der Waals surface area (Å²) in [7, 11) is 0. The molecular weight excluding hydrogens is 176 g/mol. The van der Waals surface area contributed by atoms with E-state index in [1.807, 2.05) is 18.2 Å². The van der Waals surface area contributed by atoms with E-state index in [-0.39, 0.29) is 12.4 Å². The second-order valence-electron chi connectivity index (χ2n) is 2.36. The number of fused-ring (bicyclic) bond motifs is 1. The highest BCUT2D eigenvalue weighted by atomic mass is 35.5. The minimum atomic E-state index is 0. The van der Waals surface area contributed by atoms with Crippen LogP contribution in [-0.4, -0.2) is 4.98 Å². The number of halogens is 1. The van der Waals surface area contributed by atoms with Crippen molar-refractivity contribution in [1.82, 2.24) is 4.98 Å². The van der Waals surface area contributed by atoms with Crippen molar-refractivity contribution in [2.24, 2.45) is 5.73 Å². The second kappa shape index (κ2) is 3.56. The summed E-state index contributed by atoms with van der Waals surface area (Å²) in [5, 5.41) is 0. The molecule has 0 aliphatic rings. The summed E-state index contributed by atoms with van der Waals surface area (Å²) < 4.78 is 5.09. The molecule has 0 amide bonds. The number of rotatable bonds is 1. The highest BCUT2D eigenvalue weighted by Gasteiger charge is 1.97. The fourth-order valence-electron chi connectivity index (χ4n) is 1.03. The molecule has 0 aliphatic carbocycles. The van der Waals surface area contributed by atoms with Crippen LogP contribution in [0.25, 0.3) is 11.1 Å². The molecule has 0 unspecified atom stereocenters. The molecule has 1 aromatic carbocycles. The van der Waals surface area contributed by atoms with E-state index in [2.05, 4.69) is 4.98 Å². The molecule has 2 N–H and O–H groups in total. The summed E-state index contributed by atoms with van der Waals surface area (Å²) in [6, 6.07) is 5.76. The molecule has 0 aliphatic heterocycles. The first-order valence-corrected chi connectivity index (χ1v) is 3.42. The Labute approximate surface area is 76.0 Å². The van der Waals surface area contributed by atoms with Gasteiger partial charge in [-0.15, -0.1) is 12.4 Å². The summed E-state index contributed by atoms with van der Waals surface area (Å²) in [6.45, 7) is 0.538. The summed E-state index contributed by atoms with van der Waals surface area (Å²) in [5.41, 5.74) is 8.19. The number of benzene rings is 1. The van der Waals surface area contributed by atoms with Gasteiger partial charge >= 0.3 is 0 Å². The Hall–Kier alpha value is -1.06. The number of hydrogen-bond acceptors (Lipinski definition) is 3. The van der Waals surface area contributed by atoms with Crippen LogP contribution in [0, 0.1) is 0 Å². The summed E-state index contributed by atoms with van der Waals surface area (Å²) in [4.78, 5) is 3.99. The Kier molecular flexibility index (Phi) is 2.68. The van der Waals surface area contributed by atoms with Gasteiger partial charge in [0.25, 0.3) is 0 Å². The zero-order valence-corrected chi connectivity index (χ0v) is 7.17. The van der Waals surface area contributed by atoms with Gasteiger partial charge in [-0.1, -0.05) is 6.07 Å². The van der Waals surface area contributed by atoms with Gasteiger partial charge in [-0.3, -0.25) is 0 Å². The Morgan fingerprint density at radius 2 is 2.25 bits per heavy atom. The van der Waals surface area contributed by atoms with Crippen LogP contribution in [0.3, 0.4) is 0 Å². The third kappa shape index (κ3) is 1.42. The standard InChI is InChI=1S/C8H8N2O.ClH/c9-4-6-1-2-7-8(3-6)11-5-10-7;/h1-3,5H,4,9H2;1H. The average molecular weight is 185 g/mol. The minimum absolute atomic E-state index is 0. The third-order valence-electron chi connectivity index (χ3n) is 1.63. The van der Waals surface area contributed by atoms with Crippen LogP contribution in [0.1, 0.15) is 5.56 Å². The summed E-state index contributed by atoms with van der Waals surface area (Å²) in [6.07, 6.45) is 1.44. The summed E-state index contributed by atoms with van der Waals surface area (Å²) >= 11 is 0. The number of hydrogen-bond donors (Lipinski definition) is 1. The van der Waals surface area contributed by atoms with Crippen molar-refractivity contribution in [3.05, 3.63) is 30.2 Å². The number of oxazole rings is 1. The monoisotopic (exact) mass is 184 g/mol. The van der Waals surface area contributed by atoms with E-state index in [1.165, 1.54) is 6.39 Å². The molecule has 0 bridgehead atoms. The zero-order valence-electron chi connectivity index (χ0n) is 6.36. The van der Waals surface area contributed by atoms with E-state index in [4.69, 9.17) is 10.2 Å². The van der Waals surface area contributed by atoms with Crippen LogP contribution in [0.5, 0.6) is 0 Å². The average Bonchev–Trinajstić information content (AvgIpc) is 2.50. The Morgan fingerprint density at radius 3 is 3.00 bits per heavy atom. The molecule has 2 rings (SSSR count). The SMILES string of the molecule is Cl.NCc1ccc2ncoc2c1. The van der Waals surface area contributed by atoms with E-state index < -0.39 is 0 Å². The van der Waals surface area contributed by atoms with Crippen molar-refractivity contribution < 1.29 is 4.42 Å². The quantitative estimate of drug-likeness (QED) is 0.734. The number of aromatic nitrogens is 1. The topological polar surface area (TPSA) is 52.0 Å². The Morgan fingerprint density at radius 1 is 1.42 bits per heavy atom. The van der Waals surface area contributed by atoms with Crippen molar-refractivity contribution in [1.29, 1.82) is 0 Å². The van der Waals surface area contributed by atoms with E-state index >= 15 is 0 Å². The molecule has 0 saturated heterocycles. The van der Waals surface area contributed by atoms with Crippen molar-refractivity contribution in [2.75, 3.05) is 0 Å². The molecule has 64 valence electrons. The van der Waals surface area contributed by atoms with Gasteiger partial charge in [0.2, 0.25) is 0 Å². The fraction of sp³-hybridized carbons (Fsp3) is 0.125. The predicted octanol–water partition coefficient (Wildman–Crippen LogP) is 1.71. The first-order chi connectivity index (χ1) is 5.40. The van der Waals surface area contributed by atoms with Gasteiger partial charge in [0, 0.05) is 6.54 Å². The molecule has 0 fully saturated rings. The largest absolute Gasteiger partial charge is 0.443 e. The van der Waals surface area contributed by atoms with Crippen LogP contribution < -0.4 is 5.73 Å². The van der Waals surface area contributed by atoms with E-state index in [9.17, 15) is 0 Å². The fourth-order valence-corrected chi connectivity index (χ4v) is 1.03. The maximum atomic E-state index is 5.45. The van der Waals surface area contributed by atoms with Crippen molar-refractivity contribution in [2.45, 2.75) is 6.54 Å². The molecule has 2 aromatic rings. The lowest BCUT2D eigenvalue weighted by Gasteiger charge is -1.92. The van der Waals surface area contributed by atoms with E-state index in [0.29, 0.717) is 6.54 Å². The highest BCUT2D eigenvalue weighted by molar-refractivity contribution is 5.85. The molecule has 0 saturated carbocycles. The van der Waals surface area contributed by atoms with Gasteiger partial charge in [-0.25, -0.2) is 4.98 Å². The van der Waals surface area contributed by atoms with Crippen LogP contribution in [-0.2, 0) is 6.54 Å². The van der Waals surface area contributed by atoms with Gasteiger partial charge in [0.05, 0.1) is 0 Å². The minimum Gasteiger partial charge on any atom is -0.443 e. The first kappa shape index (κ1) is 9.03. The molecule has 1 aromatic heterocycles. The summed E-state index contributed by atoms with van der Waals surface area (Å²) in [5.74, 6) is 0. The zero-order chi connectivity index (χ0) is 7.68. The molecule has 1 heterocycles. The normalized spacial score (nSPS) is 9.75. The van der Waals surface area contributed by atoms with Gasteiger partial charge in [-0.2, -0.15) is 0 Å². The van der Waals surface area contributed by atoms with Crippen LogP contribution in [0.2, 0.25) is 0 Å². The molecule has 0 radical (unpaired) electrons. The van der Waals surface area contributed by atoms with Gasteiger partial charge in [0.15, 0.2) is 12.0 Å². The van der Waals surface area contributed by atoms with Gasteiger partial charge in [-0.05, 0) is 17.7 Å². The van der Waals surface area contributed by atoms with Crippen molar-refractivity contribution in [3.63, 3.8) is 0 Å².